The van der Waals surface area contributed by atoms with Crippen LogP contribution in [0.5, 0.6) is 5.75 Å². The van der Waals surface area contributed by atoms with Gasteiger partial charge in [0.05, 0.1) is 19.9 Å². The zero-order valence-corrected chi connectivity index (χ0v) is 18.8. The first-order chi connectivity index (χ1) is 16.4. The molecule has 0 saturated heterocycles. The number of amides is 3. The lowest BCUT2D eigenvalue weighted by atomic mass is 9.99. The van der Waals surface area contributed by atoms with Gasteiger partial charge in [0, 0.05) is 17.0 Å². The first kappa shape index (κ1) is 25.8. The highest BCUT2D eigenvalue weighted by Gasteiger charge is 2.50. The van der Waals surface area contributed by atoms with E-state index in [-0.39, 0.29) is 17.8 Å². The van der Waals surface area contributed by atoms with Gasteiger partial charge in [0.25, 0.3) is 0 Å². The lowest BCUT2D eigenvalue weighted by molar-refractivity contribution is -0.274. The lowest BCUT2D eigenvalue weighted by Gasteiger charge is -2.22. The van der Waals surface area contributed by atoms with Crippen LogP contribution in [0.3, 0.4) is 0 Å². The molecule has 0 bridgehead atoms. The highest BCUT2D eigenvalue weighted by Crippen LogP contribution is 2.33. The first-order valence-electron chi connectivity index (χ1n) is 9.61. The van der Waals surface area contributed by atoms with Crippen molar-refractivity contribution >= 4 is 41.1 Å². The van der Waals surface area contributed by atoms with Crippen LogP contribution in [-0.2, 0) is 20.7 Å². The molecule has 186 valence electrons. The number of hydrazone groups is 1. The maximum Gasteiger partial charge on any atom is 0.573 e. The molecular weight excluding hydrogens is 499 g/mol. The molecule has 0 fully saturated rings. The number of carbonyl (C=O) groups is 3. The van der Waals surface area contributed by atoms with Gasteiger partial charge in [0.15, 0.2) is 0 Å². The average Bonchev–Trinajstić information content (AvgIpc) is 3.08. The van der Waals surface area contributed by atoms with Gasteiger partial charge in [-0.1, -0.05) is 17.7 Å². The van der Waals surface area contributed by atoms with E-state index in [9.17, 15) is 32.7 Å². The van der Waals surface area contributed by atoms with E-state index >= 15 is 0 Å². The molecule has 0 heterocycles. The fraction of sp³-hybridized carbons (Fsp3) is 0.238. The van der Waals surface area contributed by atoms with E-state index < -0.39 is 35.8 Å². The highest BCUT2D eigenvalue weighted by molar-refractivity contribution is 6.31. The standard InChI is InChI=1S/C21H17ClF3N3O7/c1-33-17(29)20(32)10-11-9-12(22)3-8-15(11)16(20)26-27-18(30)28(19(31)34-2)13-4-6-14(7-5-13)35-21(23,24)25/h3-9,32H,10H2,1-2H3,(H,27,30)/b26-16+. The van der Waals surface area contributed by atoms with Crippen LogP contribution in [0.2, 0.25) is 5.02 Å². The molecule has 3 amide bonds. The minimum absolute atomic E-state index is 0.189. The van der Waals surface area contributed by atoms with Gasteiger partial charge < -0.3 is 19.3 Å². The summed E-state index contributed by atoms with van der Waals surface area (Å²) in [5, 5.41) is 15.1. The summed E-state index contributed by atoms with van der Waals surface area (Å²) in [4.78, 5) is 37.8. The molecule has 0 spiro atoms. The van der Waals surface area contributed by atoms with E-state index in [1.807, 2.05) is 5.43 Å². The topological polar surface area (TPSA) is 127 Å². The Morgan fingerprint density at radius 3 is 2.34 bits per heavy atom. The molecule has 3 rings (SSSR count). The summed E-state index contributed by atoms with van der Waals surface area (Å²) in [5.41, 5.74) is 0.0571. The van der Waals surface area contributed by atoms with Gasteiger partial charge in [0.1, 0.15) is 11.5 Å². The Hall–Kier alpha value is -3.84. The molecule has 1 unspecified atom stereocenters. The average molecular weight is 516 g/mol. The van der Waals surface area contributed by atoms with Gasteiger partial charge in [-0.05, 0) is 42.0 Å². The summed E-state index contributed by atoms with van der Waals surface area (Å²) < 4.78 is 50.1. The molecule has 2 aromatic carbocycles. The van der Waals surface area contributed by atoms with E-state index in [0.29, 0.717) is 21.0 Å². The fourth-order valence-electron chi connectivity index (χ4n) is 3.36. The monoisotopic (exact) mass is 515 g/mol. The van der Waals surface area contributed by atoms with Crippen LogP contribution in [0.4, 0.5) is 28.4 Å². The second-order valence-corrected chi connectivity index (χ2v) is 7.49. The molecule has 10 nitrogen and oxygen atoms in total. The molecule has 35 heavy (non-hydrogen) atoms. The summed E-state index contributed by atoms with van der Waals surface area (Å²) in [7, 11) is 2.03. The van der Waals surface area contributed by atoms with Gasteiger partial charge in [-0.25, -0.2) is 19.8 Å². The summed E-state index contributed by atoms with van der Waals surface area (Å²) in [5.74, 6) is -1.64. The quantitative estimate of drug-likeness (QED) is 0.472. The number of imide groups is 1. The number of nitrogens with one attached hydrogen (secondary N) is 1. The Morgan fingerprint density at radius 1 is 1.11 bits per heavy atom. The van der Waals surface area contributed by atoms with Gasteiger partial charge in [-0.2, -0.15) is 10.0 Å². The molecule has 14 heteroatoms. The van der Waals surface area contributed by atoms with Crippen molar-refractivity contribution in [2.24, 2.45) is 5.10 Å². The van der Waals surface area contributed by atoms with Crippen molar-refractivity contribution in [1.29, 1.82) is 0 Å². The van der Waals surface area contributed by atoms with Crippen molar-refractivity contribution in [2.45, 2.75) is 18.4 Å². The Morgan fingerprint density at radius 2 is 1.77 bits per heavy atom. The number of ether oxygens (including phenoxy) is 3. The van der Waals surface area contributed by atoms with Crippen molar-refractivity contribution in [1.82, 2.24) is 5.43 Å². The van der Waals surface area contributed by atoms with E-state index in [4.69, 9.17) is 11.6 Å². The van der Waals surface area contributed by atoms with E-state index in [1.54, 1.807) is 0 Å². The number of benzene rings is 2. The number of rotatable bonds is 4. The molecule has 0 radical (unpaired) electrons. The molecule has 1 aliphatic carbocycles. The van der Waals surface area contributed by atoms with Crippen molar-refractivity contribution in [2.75, 3.05) is 19.1 Å². The minimum atomic E-state index is -4.94. The number of hydrogen-bond acceptors (Lipinski definition) is 8. The number of esters is 1. The van der Waals surface area contributed by atoms with Crippen molar-refractivity contribution in [3.05, 3.63) is 58.6 Å². The summed E-state index contributed by atoms with van der Waals surface area (Å²) in [6.45, 7) is 0. The summed E-state index contributed by atoms with van der Waals surface area (Å²) in [6.07, 6.45) is -6.38. The van der Waals surface area contributed by atoms with E-state index in [1.165, 1.54) is 18.2 Å². The molecule has 1 atom stereocenters. The number of aliphatic hydroxyl groups is 1. The maximum atomic E-state index is 12.8. The highest BCUT2D eigenvalue weighted by atomic mass is 35.5. The third kappa shape index (κ3) is 5.46. The number of fused-ring (bicyclic) bond motifs is 1. The molecular formula is C21H17ClF3N3O7. The molecule has 2 N–H and O–H groups in total. The molecule has 0 saturated carbocycles. The Labute approximate surface area is 200 Å². The second-order valence-electron chi connectivity index (χ2n) is 7.05. The largest absolute Gasteiger partial charge is 0.573 e. The van der Waals surface area contributed by atoms with E-state index in [2.05, 4.69) is 19.3 Å². The smallest absolute Gasteiger partial charge is 0.467 e. The zero-order chi connectivity index (χ0) is 26.0. The maximum absolute atomic E-state index is 12.8. The molecule has 1 aliphatic rings. The van der Waals surface area contributed by atoms with Crippen molar-refractivity contribution in [3.63, 3.8) is 0 Å². The number of halogens is 4. The van der Waals surface area contributed by atoms with Gasteiger partial charge in [-0.15, -0.1) is 13.2 Å². The second kappa shape index (κ2) is 9.80. The number of methoxy groups -OCH3 is 2. The number of hydrogen-bond donors (Lipinski definition) is 2. The van der Waals surface area contributed by atoms with Crippen LogP contribution in [0.25, 0.3) is 0 Å². The van der Waals surface area contributed by atoms with Crippen molar-refractivity contribution in [3.8, 4) is 5.75 Å². The van der Waals surface area contributed by atoms with Crippen LogP contribution >= 0.6 is 11.6 Å². The number of carbonyl (C=O) groups excluding carboxylic acids is 3. The number of nitrogens with zero attached hydrogens (tertiary/aromatic N) is 2. The lowest BCUT2D eigenvalue weighted by Crippen LogP contribution is -2.48. The number of urea groups is 1. The van der Waals surface area contributed by atoms with Gasteiger partial charge in [0.2, 0.25) is 5.60 Å². The van der Waals surface area contributed by atoms with Crippen LogP contribution in [-0.4, -0.2) is 55.1 Å². The molecule has 0 aromatic heterocycles. The van der Waals surface area contributed by atoms with Gasteiger partial charge in [-0.3, -0.25) is 0 Å². The summed E-state index contributed by atoms with van der Waals surface area (Å²) in [6, 6.07) is 7.01. The van der Waals surface area contributed by atoms with Crippen LogP contribution in [0.1, 0.15) is 11.1 Å². The summed E-state index contributed by atoms with van der Waals surface area (Å²) >= 11 is 5.98. The van der Waals surface area contributed by atoms with Crippen LogP contribution in [0, 0.1) is 0 Å². The Balaban J connectivity index is 1.93. The van der Waals surface area contributed by atoms with Gasteiger partial charge >= 0.3 is 24.5 Å². The number of anilines is 1. The van der Waals surface area contributed by atoms with E-state index in [0.717, 1.165) is 38.5 Å². The predicted molar refractivity (Wildman–Crippen MR) is 115 cm³/mol. The molecule has 2 aromatic rings. The molecule has 0 aliphatic heterocycles. The Bertz CT molecular complexity index is 1190. The minimum Gasteiger partial charge on any atom is -0.467 e. The predicted octanol–water partition coefficient (Wildman–Crippen LogP) is 3.39. The number of alkyl halides is 3. The normalized spacial score (nSPS) is 18.0. The SMILES string of the molecule is COC(=O)N(C(=O)N/N=C1\c2ccc(Cl)cc2CC1(O)C(=O)OC)c1ccc(OC(F)(F)F)cc1. The third-order valence-electron chi connectivity index (χ3n) is 4.84. The van der Waals surface area contributed by atoms with Crippen LogP contribution in [0.15, 0.2) is 47.6 Å². The van der Waals surface area contributed by atoms with Crippen LogP contribution < -0.4 is 15.1 Å². The zero-order valence-electron chi connectivity index (χ0n) is 18.1. The first-order valence-corrected chi connectivity index (χ1v) is 9.99. The fourth-order valence-corrected chi connectivity index (χ4v) is 3.55. The third-order valence-corrected chi connectivity index (χ3v) is 5.07. The van der Waals surface area contributed by atoms with Crippen molar-refractivity contribution < 1.29 is 46.9 Å². The Kier molecular flexibility index (Phi) is 7.22.